The van der Waals surface area contributed by atoms with Crippen molar-refractivity contribution < 1.29 is 0 Å². The summed E-state index contributed by atoms with van der Waals surface area (Å²) in [4.78, 5) is 15.4. The van der Waals surface area contributed by atoms with Crippen LogP contribution in [0.15, 0.2) is 83.7 Å². The van der Waals surface area contributed by atoms with E-state index in [1.807, 2.05) is 85.8 Å². The van der Waals surface area contributed by atoms with Gasteiger partial charge >= 0.3 is 0 Å². The molecule has 4 aromatic rings. The largest absolute Gasteiger partial charge is 0.321 e. The Balaban J connectivity index is 1.70. The number of aromatic amines is 1. The summed E-state index contributed by atoms with van der Waals surface area (Å²) < 4.78 is 0. The van der Waals surface area contributed by atoms with Crippen LogP contribution in [0.2, 0.25) is 0 Å². The molecule has 0 saturated carbocycles. The third kappa shape index (κ3) is 3.16. The molecule has 0 atom stereocenters. The Kier molecular flexibility index (Phi) is 4.13. The maximum Gasteiger partial charge on any atom is 0.256 e. The number of hydrogen-bond donors (Lipinski definition) is 1. The summed E-state index contributed by atoms with van der Waals surface area (Å²) in [7, 11) is 0. The van der Waals surface area contributed by atoms with Crippen molar-refractivity contribution in [3.8, 4) is 23.1 Å². The first-order valence-corrected chi connectivity index (χ1v) is 8.51. The zero-order chi connectivity index (χ0) is 17.9. The van der Waals surface area contributed by atoms with Gasteiger partial charge in [0.05, 0.1) is 0 Å². The number of H-pyrrole nitrogens is 1. The average molecular weight is 335 g/mol. The van der Waals surface area contributed by atoms with Gasteiger partial charge in [-0.3, -0.25) is 4.79 Å². The maximum atomic E-state index is 12.4. The molecule has 0 aliphatic heterocycles. The van der Waals surface area contributed by atoms with Gasteiger partial charge in [-0.2, -0.15) is 0 Å². The summed E-state index contributed by atoms with van der Waals surface area (Å²) in [5.41, 5.74) is 4.76. The predicted molar refractivity (Wildman–Crippen MR) is 107 cm³/mol. The molecule has 0 amide bonds. The molecule has 4 rings (SSSR count). The maximum absolute atomic E-state index is 12.4. The summed E-state index contributed by atoms with van der Waals surface area (Å²) in [5.74, 6) is 6.32. The van der Waals surface area contributed by atoms with Gasteiger partial charge in [-0.1, -0.05) is 54.3 Å². The van der Waals surface area contributed by atoms with E-state index in [-0.39, 0.29) is 5.56 Å². The van der Waals surface area contributed by atoms with Gasteiger partial charge in [0, 0.05) is 22.2 Å². The molecular formula is C24H17NO. The minimum absolute atomic E-state index is 0.0610. The van der Waals surface area contributed by atoms with Crippen molar-refractivity contribution in [2.75, 3.05) is 0 Å². The lowest BCUT2D eigenvalue weighted by Crippen LogP contribution is -2.07. The van der Waals surface area contributed by atoms with Gasteiger partial charge in [-0.05, 0) is 59.8 Å². The normalized spacial score (nSPS) is 10.3. The molecule has 0 aliphatic rings. The van der Waals surface area contributed by atoms with Crippen molar-refractivity contribution in [2.24, 2.45) is 0 Å². The van der Waals surface area contributed by atoms with Crippen LogP contribution in [0.3, 0.4) is 0 Å². The third-order valence-corrected chi connectivity index (χ3v) is 4.43. The highest BCUT2D eigenvalue weighted by Crippen LogP contribution is 2.22. The Hall–Kier alpha value is -3.57. The lowest BCUT2D eigenvalue weighted by atomic mass is 10.0. The zero-order valence-corrected chi connectivity index (χ0v) is 14.4. The number of rotatable bonds is 1. The van der Waals surface area contributed by atoms with Crippen LogP contribution in [0.5, 0.6) is 0 Å². The Morgan fingerprint density at radius 1 is 0.731 bits per heavy atom. The smallest absolute Gasteiger partial charge is 0.256 e. The van der Waals surface area contributed by atoms with Crippen molar-refractivity contribution in [3.05, 3.63) is 106 Å². The number of benzene rings is 3. The molecule has 1 aromatic heterocycles. The van der Waals surface area contributed by atoms with Gasteiger partial charge in [0.15, 0.2) is 0 Å². The molecule has 124 valence electrons. The lowest BCUT2D eigenvalue weighted by Gasteiger charge is -2.06. The summed E-state index contributed by atoms with van der Waals surface area (Å²) in [6, 6.07) is 25.7. The molecule has 0 radical (unpaired) electrons. The standard InChI is InChI=1S/C24H17NO/c1-17-6-5-9-21-22(17)16-23(25-24(21)26)20-14-12-19(13-15-20)11-10-18-7-3-2-4-8-18/h2-9,12-16H,1H3,(H,25,26). The molecule has 0 aliphatic carbocycles. The van der Waals surface area contributed by atoms with Crippen LogP contribution in [0.25, 0.3) is 22.0 Å². The monoisotopic (exact) mass is 335 g/mol. The number of aryl methyl sites for hydroxylation is 1. The van der Waals surface area contributed by atoms with Crippen molar-refractivity contribution in [2.45, 2.75) is 6.92 Å². The van der Waals surface area contributed by atoms with Gasteiger partial charge in [-0.15, -0.1) is 0 Å². The first-order chi connectivity index (χ1) is 12.7. The Labute approximate surface area is 152 Å². The molecule has 2 heteroatoms. The molecular weight excluding hydrogens is 318 g/mol. The quantitative estimate of drug-likeness (QED) is 0.493. The first-order valence-electron chi connectivity index (χ1n) is 8.51. The molecule has 1 heterocycles. The first kappa shape index (κ1) is 15.9. The Bertz CT molecular complexity index is 1190. The van der Waals surface area contributed by atoms with Gasteiger partial charge in [0.2, 0.25) is 0 Å². The number of fused-ring (bicyclic) bond motifs is 1. The predicted octanol–water partition coefficient (Wildman–Crippen LogP) is 4.90. The SMILES string of the molecule is Cc1cccc2c(=O)[nH]c(-c3ccc(C#Cc4ccccc4)cc3)cc12. The zero-order valence-electron chi connectivity index (χ0n) is 14.4. The highest BCUT2D eigenvalue weighted by atomic mass is 16.1. The van der Waals surface area contributed by atoms with Crippen LogP contribution >= 0.6 is 0 Å². The fraction of sp³-hybridized carbons (Fsp3) is 0.0417. The third-order valence-electron chi connectivity index (χ3n) is 4.43. The van der Waals surface area contributed by atoms with E-state index >= 15 is 0 Å². The van der Waals surface area contributed by atoms with Gasteiger partial charge in [0.1, 0.15) is 0 Å². The van der Waals surface area contributed by atoms with E-state index < -0.39 is 0 Å². The van der Waals surface area contributed by atoms with Crippen molar-refractivity contribution in [1.82, 2.24) is 4.98 Å². The molecule has 0 unspecified atom stereocenters. The van der Waals surface area contributed by atoms with E-state index in [0.717, 1.165) is 38.7 Å². The Morgan fingerprint density at radius 2 is 1.42 bits per heavy atom. The molecule has 2 nitrogen and oxygen atoms in total. The van der Waals surface area contributed by atoms with E-state index in [1.165, 1.54) is 0 Å². The summed E-state index contributed by atoms with van der Waals surface area (Å²) in [6.07, 6.45) is 0. The van der Waals surface area contributed by atoms with Gasteiger partial charge in [0.25, 0.3) is 5.56 Å². The van der Waals surface area contributed by atoms with Crippen LogP contribution in [0.1, 0.15) is 16.7 Å². The van der Waals surface area contributed by atoms with Gasteiger partial charge in [-0.25, -0.2) is 0 Å². The topological polar surface area (TPSA) is 32.9 Å². The number of pyridine rings is 1. The second-order valence-electron chi connectivity index (χ2n) is 6.24. The number of hydrogen-bond acceptors (Lipinski definition) is 1. The van der Waals surface area contributed by atoms with E-state index in [4.69, 9.17) is 0 Å². The fourth-order valence-corrected chi connectivity index (χ4v) is 2.99. The van der Waals surface area contributed by atoms with Gasteiger partial charge < -0.3 is 4.98 Å². The molecule has 0 bridgehead atoms. The van der Waals surface area contributed by atoms with Crippen LogP contribution < -0.4 is 5.56 Å². The molecule has 3 aromatic carbocycles. The number of nitrogens with one attached hydrogen (secondary N) is 1. The summed E-state index contributed by atoms with van der Waals surface area (Å²) in [6.45, 7) is 2.02. The van der Waals surface area contributed by atoms with E-state index in [2.05, 4.69) is 16.8 Å². The summed E-state index contributed by atoms with van der Waals surface area (Å²) in [5, 5.41) is 1.71. The molecule has 0 fully saturated rings. The summed E-state index contributed by atoms with van der Waals surface area (Å²) >= 11 is 0. The van der Waals surface area contributed by atoms with E-state index in [1.54, 1.807) is 0 Å². The lowest BCUT2D eigenvalue weighted by molar-refractivity contribution is 1.27. The second-order valence-corrected chi connectivity index (χ2v) is 6.24. The molecule has 0 saturated heterocycles. The highest BCUT2D eigenvalue weighted by molar-refractivity contribution is 5.87. The van der Waals surface area contributed by atoms with E-state index in [9.17, 15) is 4.79 Å². The van der Waals surface area contributed by atoms with Crippen LogP contribution in [-0.2, 0) is 0 Å². The minimum Gasteiger partial charge on any atom is -0.321 e. The molecule has 26 heavy (non-hydrogen) atoms. The van der Waals surface area contributed by atoms with Crippen LogP contribution in [-0.4, -0.2) is 4.98 Å². The van der Waals surface area contributed by atoms with Crippen molar-refractivity contribution >= 4 is 10.8 Å². The average Bonchev–Trinajstić information content (AvgIpc) is 2.68. The fourth-order valence-electron chi connectivity index (χ4n) is 2.99. The van der Waals surface area contributed by atoms with E-state index in [0.29, 0.717) is 0 Å². The molecule has 1 N–H and O–H groups in total. The van der Waals surface area contributed by atoms with Crippen molar-refractivity contribution in [3.63, 3.8) is 0 Å². The molecule has 0 spiro atoms. The van der Waals surface area contributed by atoms with Crippen LogP contribution in [0, 0.1) is 18.8 Å². The minimum atomic E-state index is -0.0610. The van der Waals surface area contributed by atoms with Crippen molar-refractivity contribution in [1.29, 1.82) is 0 Å². The van der Waals surface area contributed by atoms with Crippen LogP contribution in [0.4, 0.5) is 0 Å². The number of aromatic nitrogens is 1. The highest BCUT2D eigenvalue weighted by Gasteiger charge is 2.05. The second kappa shape index (κ2) is 6.74. The Morgan fingerprint density at radius 3 is 2.15 bits per heavy atom.